The van der Waals surface area contributed by atoms with Crippen molar-refractivity contribution in [2.75, 3.05) is 0 Å². The molecule has 7 nitrogen and oxygen atoms in total. The number of nitrogens with zero attached hydrogens (tertiary/aromatic N) is 5. The molecule has 4 rings (SSSR count). The van der Waals surface area contributed by atoms with E-state index in [1.807, 2.05) is 35.9 Å². The molecule has 0 spiro atoms. The molecule has 0 aliphatic heterocycles. The van der Waals surface area contributed by atoms with Crippen LogP contribution in [0.15, 0.2) is 70.2 Å². The summed E-state index contributed by atoms with van der Waals surface area (Å²) >= 11 is 3.41. The Balaban J connectivity index is 1.61. The van der Waals surface area contributed by atoms with Gasteiger partial charge in [0.25, 0.3) is 5.69 Å². The molecule has 1 aromatic carbocycles. The van der Waals surface area contributed by atoms with Crippen molar-refractivity contribution in [3.05, 3.63) is 75.7 Å². The van der Waals surface area contributed by atoms with Crippen LogP contribution in [0.25, 0.3) is 20.3 Å². The van der Waals surface area contributed by atoms with Gasteiger partial charge in [0.05, 0.1) is 21.1 Å². The monoisotopic (exact) mass is 419 g/mol. The Bertz CT molecular complexity index is 1260. The lowest BCUT2D eigenvalue weighted by Crippen LogP contribution is -1.89. The molecule has 0 radical (unpaired) electrons. The topological polar surface area (TPSA) is 96.6 Å². The van der Waals surface area contributed by atoms with E-state index in [-0.39, 0.29) is 16.9 Å². The molecule has 0 N–H and O–H groups in total. The minimum atomic E-state index is -0.545. The first-order valence-corrected chi connectivity index (χ1v) is 10.2. The van der Waals surface area contributed by atoms with E-state index in [0.29, 0.717) is 5.82 Å². The Labute approximate surface area is 174 Å². The van der Waals surface area contributed by atoms with Gasteiger partial charge < -0.3 is 4.57 Å². The molecule has 0 bridgehead atoms. The number of hydrogen-bond acceptors (Lipinski definition) is 7. The van der Waals surface area contributed by atoms with E-state index in [4.69, 9.17) is 0 Å². The number of benzene rings is 1. The molecule has 29 heavy (non-hydrogen) atoms. The van der Waals surface area contributed by atoms with E-state index >= 15 is 0 Å². The number of aromatic nitrogens is 1. The second-order valence-corrected chi connectivity index (χ2v) is 8.08. The van der Waals surface area contributed by atoms with E-state index in [0.717, 1.165) is 10.6 Å². The van der Waals surface area contributed by atoms with Crippen molar-refractivity contribution >= 4 is 39.9 Å². The summed E-state index contributed by atoms with van der Waals surface area (Å²) in [5, 5.41) is 30.5. The lowest BCUT2D eigenvalue weighted by molar-refractivity contribution is -0.384. The molecular formula is C20H13N5O2S2. The molecule has 0 saturated carbocycles. The molecule has 0 amide bonds. The molecular weight excluding hydrogens is 406 g/mol. The standard InChI is InChI=1S/C20H13N5O2S2/c1-24-16(17-7-8-19(29-17)18-3-2-10-28-18)6-9-20(24)23-22-15-5-4-14(25(26)27)11-13(15)12-21/h2-11H,1H3. The van der Waals surface area contributed by atoms with Crippen molar-refractivity contribution in [1.29, 1.82) is 5.26 Å². The number of rotatable bonds is 5. The van der Waals surface area contributed by atoms with Gasteiger partial charge in [0, 0.05) is 28.9 Å². The number of nitriles is 1. The average Bonchev–Trinajstić information content (AvgIpc) is 3.47. The molecule has 4 aromatic rings. The van der Waals surface area contributed by atoms with Crippen molar-refractivity contribution in [3.63, 3.8) is 0 Å². The second-order valence-electron chi connectivity index (χ2n) is 6.05. The molecule has 9 heteroatoms. The third-order valence-corrected chi connectivity index (χ3v) is 6.46. The summed E-state index contributed by atoms with van der Waals surface area (Å²) in [4.78, 5) is 13.9. The van der Waals surface area contributed by atoms with Crippen molar-refractivity contribution in [2.24, 2.45) is 17.3 Å². The highest BCUT2D eigenvalue weighted by atomic mass is 32.1. The smallest absolute Gasteiger partial charge is 0.270 e. The minimum absolute atomic E-state index is 0.108. The summed E-state index contributed by atoms with van der Waals surface area (Å²) in [5.74, 6) is 0.619. The SMILES string of the molecule is Cn1c(N=Nc2ccc([N+](=O)[O-])cc2C#N)ccc1-c1ccc(-c2cccs2)s1. The molecule has 3 aromatic heterocycles. The fourth-order valence-electron chi connectivity index (χ4n) is 2.79. The van der Waals surface area contributed by atoms with Crippen LogP contribution >= 0.6 is 22.7 Å². The highest BCUT2D eigenvalue weighted by molar-refractivity contribution is 7.23. The maximum absolute atomic E-state index is 10.9. The zero-order valence-corrected chi connectivity index (χ0v) is 16.8. The Hall–Kier alpha value is -3.61. The molecule has 0 aliphatic carbocycles. The average molecular weight is 419 g/mol. The van der Waals surface area contributed by atoms with Crippen LogP contribution in [-0.4, -0.2) is 9.49 Å². The predicted molar refractivity (Wildman–Crippen MR) is 114 cm³/mol. The maximum atomic E-state index is 10.9. The Morgan fingerprint density at radius 3 is 2.62 bits per heavy atom. The first-order chi connectivity index (χ1) is 14.1. The predicted octanol–water partition coefficient (Wildman–Crippen LogP) is 6.68. The lowest BCUT2D eigenvalue weighted by atomic mass is 10.2. The molecule has 3 heterocycles. The highest BCUT2D eigenvalue weighted by Crippen LogP contribution is 2.38. The second kappa shape index (κ2) is 7.79. The van der Waals surface area contributed by atoms with E-state index in [9.17, 15) is 15.4 Å². The van der Waals surface area contributed by atoms with Gasteiger partial charge in [-0.1, -0.05) is 6.07 Å². The molecule has 0 aliphatic rings. The van der Waals surface area contributed by atoms with Gasteiger partial charge in [0.15, 0.2) is 5.82 Å². The van der Waals surface area contributed by atoms with Crippen LogP contribution in [0.4, 0.5) is 17.2 Å². The molecule has 0 saturated heterocycles. The Kier molecular flexibility index (Phi) is 5.03. The number of hydrogen-bond donors (Lipinski definition) is 0. The summed E-state index contributed by atoms with van der Waals surface area (Å²) in [5.41, 5.74) is 1.25. The third-order valence-electron chi connectivity index (χ3n) is 4.29. The number of non-ortho nitro benzene ring substituents is 1. The van der Waals surface area contributed by atoms with Gasteiger partial charge >= 0.3 is 0 Å². The Morgan fingerprint density at radius 2 is 1.90 bits per heavy atom. The summed E-state index contributed by atoms with van der Waals surface area (Å²) in [7, 11) is 1.90. The summed E-state index contributed by atoms with van der Waals surface area (Å²) in [6, 6.07) is 18.0. The van der Waals surface area contributed by atoms with Crippen molar-refractivity contribution < 1.29 is 4.92 Å². The van der Waals surface area contributed by atoms with Gasteiger partial charge in [-0.3, -0.25) is 10.1 Å². The zero-order valence-electron chi connectivity index (χ0n) is 15.1. The van der Waals surface area contributed by atoms with Crippen molar-refractivity contribution in [2.45, 2.75) is 0 Å². The number of thiophene rings is 2. The van der Waals surface area contributed by atoms with Crippen LogP contribution in [0.1, 0.15) is 5.56 Å². The van der Waals surface area contributed by atoms with Gasteiger partial charge in [-0.25, -0.2) is 0 Å². The van der Waals surface area contributed by atoms with Gasteiger partial charge in [-0.15, -0.1) is 32.9 Å². The first-order valence-electron chi connectivity index (χ1n) is 8.47. The van der Waals surface area contributed by atoms with Crippen LogP contribution in [0.5, 0.6) is 0 Å². The van der Waals surface area contributed by atoms with Gasteiger partial charge in [0.1, 0.15) is 11.8 Å². The van der Waals surface area contributed by atoms with Gasteiger partial charge in [-0.05, 0) is 41.8 Å². The highest BCUT2D eigenvalue weighted by Gasteiger charge is 2.12. The quantitative estimate of drug-likeness (QED) is 0.205. The fourth-order valence-corrected chi connectivity index (χ4v) is 4.70. The number of azo groups is 1. The summed E-state index contributed by atoms with van der Waals surface area (Å²) in [6.07, 6.45) is 0. The fraction of sp³-hybridized carbons (Fsp3) is 0.0500. The van der Waals surface area contributed by atoms with Crippen molar-refractivity contribution in [3.8, 4) is 26.4 Å². The van der Waals surface area contributed by atoms with Crippen LogP contribution in [0.3, 0.4) is 0 Å². The summed E-state index contributed by atoms with van der Waals surface area (Å²) < 4.78 is 1.92. The van der Waals surface area contributed by atoms with E-state index in [1.165, 1.54) is 28.0 Å². The largest absolute Gasteiger partial charge is 0.327 e. The normalized spacial score (nSPS) is 11.0. The molecule has 142 valence electrons. The van der Waals surface area contributed by atoms with E-state index in [2.05, 4.69) is 33.8 Å². The van der Waals surface area contributed by atoms with Gasteiger partial charge in [0.2, 0.25) is 0 Å². The van der Waals surface area contributed by atoms with Crippen LogP contribution < -0.4 is 0 Å². The third kappa shape index (κ3) is 3.71. The van der Waals surface area contributed by atoms with Crippen LogP contribution in [0.2, 0.25) is 0 Å². The first kappa shape index (κ1) is 18.7. The minimum Gasteiger partial charge on any atom is -0.327 e. The summed E-state index contributed by atoms with van der Waals surface area (Å²) in [6.45, 7) is 0. The van der Waals surface area contributed by atoms with Gasteiger partial charge in [-0.2, -0.15) is 5.26 Å². The number of nitro groups is 1. The molecule has 0 unspecified atom stereocenters. The lowest BCUT2D eigenvalue weighted by Gasteiger charge is -2.02. The van der Waals surface area contributed by atoms with Crippen LogP contribution in [-0.2, 0) is 7.05 Å². The maximum Gasteiger partial charge on any atom is 0.270 e. The molecule has 0 fully saturated rings. The number of nitro benzene ring substituents is 1. The molecule has 0 atom stereocenters. The van der Waals surface area contributed by atoms with E-state index < -0.39 is 4.92 Å². The Morgan fingerprint density at radius 1 is 1.07 bits per heavy atom. The van der Waals surface area contributed by atoms with E-state index in [1.54, 1.807) is 22.7 Å². The van der Waals surface area contributed by atoms with Crippen molar-refractivity contribution in [1.82, 2.24) is 4.57 Å². The van der Waals surface area contributed by atoms with Crippen LogP contribution in [0, 0.1) is 21.4 Å². The zero-order chi connectivity index (χ0) is 20.4.